The molecule has 2 rings (SSSR count). The minimum absolute atomic E-state index is 0.566. The number of hydrogen-bond acceptors (Lipinski definition) is 2. The van der Waals surface area contributed by atoms with Crippen LogP contribution in [0.25, 0.3) is 0 Å². The number of hydrogen-bond donors (Lipinski definition) is 1. The lowest BCUT2D eigenvalue weighted by molar-refractivity contribution is 0.211. The largest absolute Gasteiger partial charge is 0.493 e. The minimum atomic E-state index is -0.733. The van der Waals surface area contributed by atoms with Gasteiger partial charge in [-0.25, -0.2) is 0 Å². The molecule has 1 unspecified atom stereocenters. The third-order valence-electron chi connectivity index (χ3n) is 3.08. The van der Waals surface area contributed by atoms with E-state index >= 15 is 0 Å². The molecule has 0 fully saturated rings. The van der Waals surface area contributed by atoms with Crippen molar-refractivity contribution >= 4 is 31.9 Å². The van der Waals surface area contributed by atoms with E-state index < -0.39 is 6.10 Å². The molecule has 1 N–H and O–H groups in total. The molecule has 2 nitrogen and oxygen atoms in total. The summed E-state index contributed by atoms with van der Waals surface area (Å²) in [6.07, 6.45) is -0.733. The first kappa shape index (κ1) is 15.5. The fraction of sp³-hybridized carbons (Fsp3) is 0.250. The molecular weight excluding hydrogens is 384 g/mol. The van der Waals surface area contributed by atoms with Crippen molar-refractivity contribution in [3.63, 3.8) is 0 Å². The number of rotatable bonds is 4. The van der Waals surface area contributed by atoms with E-state index in [2.05, 4.69) is 31.9 Å². The zero-order valence-corrected chi connectivity index (χ0v) is 14.5. The maximum Gasteiger partial charge on any atom is 0.125 e. The predicted molar refractivity (Wildman–Crippen MR) is 88.3 cm³/mol. The molecule has 1 atom stereocenters. The number of ether oxygens (including phenoxy) is 1. The van der Waals surface area contributed by atoms with Crippen molar-refractivity contribution in [3.05, 3.63) is 62.0 Å². The van der Waals surface area contributed by atoms with E-state index in [-0.39, 0.29) is 0 Å². The second-order valence-electron chi connectivity index (χ2n) is 4.50. The van der Waals surface area contributed by atoms with Crippen LogP contribution in [0, 0.1) is 6.92 Å². The summed E-state index contributed by atoms with van der Waals surface area (Å²) in [5, 5.41) is 10.7. The van der Waals surface area contributed by atoms with Crippen LogP contribution in [0.1, 0.15) is 29.7 Å². The van der Waals surface area contributed by atoms with Gasteiger partial charge in [0.2, 0.25) is 0 Å². The maximum absolute atomic E-state index is 10.7. The van der Waals surface area contributed by atoms with E-state index in [0.717, 1.165) is 25.6 Å². The van der Waals surface area contributed by atoms with Crippen LogP contribution in [0.3, 0.4) is 0 Å². The lowest BCUT2D eigenvalue weighted by atomic mass is 9.99. The highest BCUT2D eigenvalue weighted by molar-refractivity contribution is 9.10. The summed E-state index contributed by atoms with van der Waals surface area (Å²) < 4.78 is 7.45. The Balaban J connectivity index is 2.49. The Bertz CT molecular complexity index is 611. The molecule has 0 aliphatic carbocycles. The van der Waals surface area contributed by atoms with E-state index in [9.17, 15) is 5.11 Å². The summed E-state index contributed by atoms with van der Waals surface area (Å²) in [5.41, 5.74) is 2.69. The van der Waals surface area contributed by atoms with E-state index in [0.29, 0.717) is 12.4 Å². The quantitative estimate of drug-likeness (QED) is 0.783. The lowest BCUT2D eigenvalue weighted by Crippen LogP contribution is -2.05. The molecule has 0 heterocycles. The summed E-state index contributed by atoms with van der Waals surface area (Å²) in [6.45, 7) is 4.50. The van der Waals surface area contributed by atoms with Crippen LogP contribution in [-0.2, 0) is 0 Å². The van der Waals surface area contributed by atoms with Crippen molar-refractivity contribution in [1.29, 1.82) is 0 Å². The van der Waals surface area contributed by atoms with Crippen molar-refractivity contribution in [1.82, 2.24) is 0 Å². The Labute approximate surface area is 136 Å². The van der Waals surface area contributed by atoms with Crippen LogP contribution < -0.4 is 4.74 Å². The number of aliphatic hydroxyl groups is 1. The number of halogens is 2. The normalized spacial score (nSPS) is 12.2. The van der Waals surface area contributed by atoms with Gasteiger partial charge in [-0.05, 0) is 43.2 Å². The molecule has 2 aromatic carbocycles. The summed E-state index contributed by atoms with van der Waals surface area (Å²) in [4.78, 5) is 0. The van der Waals surface area contributed by atoms with Crippen molar-refractivity contribution in [2.24, 2.45) is 0 Å². The van der Waals surface area contributed by atoms with Crippen molar-refractivity contribution in [3.8, 4) is 5.75 Å². The van der Waals surface area contributed by atoms with Crippen molar-refractivity contribution < 1.29 is 9.84 Å². The van der Waals surface area contributed by atoms with Crippen molar-refractivity contribution in [2.75, 3.05) is 6.61 Å². The van der Waals surface area contributed by atoms with Gasteiger partial charge in [-0.15, -0.1) is 0 Å². The highest BCUT2D eigenvalue weighted by Crippen LogP contribution is 2.36. The highest BCUT2D eigenvalue weighted by atomic mass is 79.9. The number of aryl methyl sites for hydroxylation is 1. The van der Waals surface area contributed by atoms with E-state index in [1.165, 1.54) is 0 Å². The SMILES string of the molecule is CCOc1ccc(Br)cc1C(O)c1cccc(C)c1Br. The zero-order valence-electron chi connectivity index (χ0n) is 11.4. The fourth-order valence-corrected chi connectivity index (χ4v) is 2.93. The molecule has 0 saturated heterocycles. The summed E-state index contributed by atoms with van der Waals surface area (Å²) in [5.74, 6) is 0.705. The van der Waals surface area contributed by atoms with Crippen molar-refractivity contribution in [2.45, 2.75) is 20.0 Å². The summed E-state index contributed by atoms with van der Waals surface area (Å²) in [7, 11) is 0. The molecule has 106 valence electrons. The minimum Gasteiger partial charge on any atom is -0.493 e. The van der Waals surface area contributed by atoms with Gasteiger partial charge in [-0.3, -0.25) is 0 Å². The first-order chi connectivity index (χ1) is 9.54. The standard InChI is InChI=1S/C16H16Br2O2/c1-3-20-14-8-7-11(17)9-13(14)16(19)12-6-4-5-10(2)15(12)18/h4-9,16,19H,3H2,1-2H3. The van der Waals surface area contributed by atoms with Crippen LogP contribution in [-0.4, -0.2) is 11.7 Å². The molecule has 0 aromatic heterocycles. The van der Waals surface area contributed by atoms with Crippen LogP contribution in [0.2, 0.25) is 0 Å². The van der Waals surface area contributed by atoms with Gasteiger partial charge in [0.05, 0.1) is 6.61 Å². The predicted octanol–water partition coefficient (Wildman–Crippen LogP) is 5.00. The van der Waals surface area contributed by atoms with Gasteiger partial charge in [0.25, 0.3) is 0 Å². The average Bonchev–Trinajstić information content (AvgIpc) is 2.43. The van der Waals surface area contributed by atoms with Crippen LogP contribution in [0.15, 0.2) is 45.3 Å². The molecule has 0 radical (unpaired) electrons. The second kappa shape index (κ2) is 6.74. The Morgan fingerprint density at radius 1 is 1.15 bits per heavy atom. The molecule has 0 spiro atoms. The van der Waals surface area contributed by atoms with Crippen LogP contribution >= 0.6 is 31.9 Å². The molecular formula is C16H16Br2O2. The van der Waals surface area contributed by atoms with Crippen LogP contribution in [0.4, 0.5) is 0 Å². The Hall–Kier alpha value is -0.840. The fourth-order valence-electron chi connectivity index (χ4n) is 2.07. The van der Waals surface area contributed by atoms with E-state index in [1.807, 2.05) is 50.2 Å². The van der Waals surface area contributed by atoms with E-state index in [4.69, 9.17) is 4.74 Å². The van der Waals surface area contributed by atoms with Gasteiger partial charge in [0.1, 0.15) is 11.9 Å². The second-order valence-corrected chi connectivity index (χ2v) is 6.20. The molecule has 20 heavy (non-hydrogen) atoms. The topological polar surface area (TPSA) is 29.5 Å². The Kier molecular flexibility index (Phi) is 5.24. The number of benzene rings is 2. The van der Waals surface area contributed by atoms with Gasteiger partial charge in [-0.2, -0.15) is 0 Å². The monoisotopic (exact) mass is 398 g/mol. The first-order valence-corrected chi connectivity index (χ1v) is 7.98. The molecule has 4 heteroatoms. The van der Waals surface area contributed by atoms with E-state index in [1.54, 1.807) is 0 Å². The molecule has 2 aromatic rings. The molecule has 0 aliphatic heterocycles. The van der Waals surface area contributed by atoms with Crippen LogP contribution in [0.5, 0.6) is 5.75 Å². The third kappa shape index (κ3) is 3.25. The third-order valence-corrected chi connectivity index (χ3v) is 4.66. The highest BCUT2D eigenvalue weighted by Gasteiger charge is 2.19. The molecule has 0 saturated carbocycles. The maximum atomic E-state index is 10.7. The average molecular weight is 400 g/mol. The summed E-state index contributed by atoms with van der Waals surface area (Å²) >= 11 is 6.99. The zero-order chi connectivity index (χ0) is 14.7. The van der Waals surface area contributed by atoms with Gasteiger partial charge in [0.15, 0.2) is 0 Å². The summed E-state index contributed by atoms with van der Waals surface area (Å²) in [6, 6.07) is 11.5. The Morgan fingerprint density at radius 2 is 1.90 bits per heavy atom. The molecule has 0 bridgehead atoms. The smallest absolute Gasteiger partial charge is 0.125 e. The van der Waals surface area contributed by atoms with Gasteiger partial charge in [-0.1, -0.05) is 50.1 Å². The molecule has 0 aliphatic rings. The number of aliphatic hydroxyl groups excluding tert-OH is 1. The lowest BCUT2D eigenvalue weighted by Gasteiger charge is -2.18. The molecule has 0 amide bonds. The van der Waals surface area contributed by atoms with Gasteiger partial charge >= 0.3 is 0 Å². The Morgan fingerprint density at radius 3 is 2.60 bits per heavy atom. The van der Waals surface area contributed by atoms with Gasteiger partial charge in [0, 0.05) is 14.5 Å². The first-order valence-electron chi connectivity index (χ1n) is 6.40. The van der Waals surface area contributed by atoms with Gasteiger partial charge < -0.3 is 9.84 Å².